The first kappa shape index (κ1) is 18.5. The molecule has 6 nitrogen and oxygen atoms in total. The largest absolute Gasteiger partial charge is 0.454 e. The van der Waals surface area contributed by atoms with Crippen LogP contribution in [0.15, 0.2) is 60.7 Å². The van der Waals surface area contributed by atoms with Gasteiger partial charge >= 0.3 is 0 Å². The Bertz CT molecular complexity index is 1140. The molecule has 30 heavy (non-hydrogen) atoms. The van der Waals surface area contributed by atoms with E-state index in [4.69, 9.17) is 9.47 Å². The van der Waals surface area contributed by atoms with Crippen LogP contribution in [0.2, 0.25) is 0 Å². The standard InChI is InChI=1S/C24H22N2O4/c1-25(13-16-9-10-21-22(11-16)30-15-29-21)24(28)18-12-23(27)26(14-18)20-8-4-6-17-5-2-3-7-19(17)20/h2-11,18H,12-15H2,1H3. The molecule has 2 aliphatic heterocycles. The molecule has 0 saturated carbocycles. The number of hydrogen-bond acceptors (Lipinski definition) is 4. The van der Waals surface area contributed by atoms with E-state index in [-0.39, 0.29) is 30.9 Å². The van der Waals surface area contributed by atoms with Crippen LogP contribution in [0.3, 0.4) is 0 Å². The first-order valence-electron chi connectivity index (χ1n) is 10.0. The number of rotatable bonds is 4. The van der Waals surface area contributed by atoms with Gasteiger partial charge in [0.15, 0.2) is 11.5 Å². The number of ether oxygens (including phenoxy) is 2. The van der Waals surface area contributed by atoms with Gasteiger partial charge in [-0.1, -0.05) is 42.5 Å². The first-order chi connectivity index (χ1) is 14.6. The number of anilines is 1. The molecule has 6 heteroatoms. The van der Waals surface area contributed by atoms with Gasteiger partial charge in [0.25, 0.3) is 0 Å². The minimum absolute atomic E-state index is 0.0128. The SMILES string of the molecule is CN(Cc1ccc2c(c1)OCO2)C(=O)C1CC(=O)N(c2cccc3ccccc23)C1. The third-order valence-electron chi connectivity index (χ3n) is 5.76. The van der Waals surface area contributed by atoms with Gasteiger partial charge in [-0.05, 0) is 29.1 Å². The van der Waals surface area contributed by atoms with Crippen molar-refractivity contribution in [2.24, 2.45) is 5.92 Å². The Balaban J connectivity index is 1.31. The lowest BCUT2D eigenvalue weighted by molar-refractivity contribution is -0.135. The number of amides is 2. The molecule has 2 heterocycles. The summed E-state index contributed by atoms with van der Waals surface area (Å²) >= 11 is 0. The average molecular weight is 402 g/mol. The average Bonchev–Trinajstić information content (AvgIpc) is 3.38. The number of carbonyl (C=O) groups excluding carboxylic acids is 2. The highest BCUT2D eigenvalue weighted by Gasteiger charge is 2.37. The summed E-state index contributed by atoms with van der Waals surface area (Å²) in [6, 6.07) is 19.6. The van der Waals surface area contributed by atoms with Gasteiger partial charge in [-0.3, -0.25) is 9.59 Å². The Morgan fingerprint density at radius 3 is 2.77 bits per heavy atom. The molecule has 0 bridgehead atoms. The van der Waals surface area contributed by atoms with Crippen molar-refractivity contribution >= 4 is 28.3 Å². The van der Waals surface area contributed by atoms with Gasteiger partial charge in [0, 0.05) is 31.9 Å². The Labute approximate surface area is 174 Å². The quantitative estimate of drug-likeness (QED) is 0.669. The van der Waals surface area contributed by atoms with Crippen LogP contribution >= 0.6 is 0 Å². The summed E-state index contributed by atoms with van der Waals surface area (Å²) in [7, 11) is 1.78. The lowest BCUT2D eigenvalue weighted by Gasteiger charge is -2.22. The zero-order valence-electron chi connectivity index (χ0n) is 16.7. The summed E-state index contributed by atoms with van der Waals surface area (Å²) in [6.45, 7) is 1.08. The smallest absolute Gasteiger partial charge is 0.231 e. The number of nitrogens with zero attached hydrogens (tertiary/aromatic N) is 2. The summed E-state index contributed by atoms with van der Waals surface area (Å²) in [6.07, 6.45) is 0.230. The minimum atomic E-state index is -0.351. The molecule has 0 N–H and O–H groups in total. The molecule has 0 spiro atoms. The Hall–Kier alpha value is -3.54. The van der Waals surface area contributed by atoms with Crippen LogP contribution in [0.4, 0.5) is 5.69 Å². The fourth-order valence-electron chi connectivity index (χ4n) is 4.25. The maximum atomic E-state index is 13.1. The van der Waals surface area contributed by atoms with E-state index in [1.54, 1.807) is 16.8 Å². The molecule has 3 aromatic carbocycles. The third kappa shape index (κ3) is 3.24. The van der Waals surface area contributed by atoms with E-state index in [0.29, 0.717) is 18.8 Å². The topological polar surface area (TPSA) is 59.1 Å². The van der Waals surface area contributed by atoms with E-state index in [1.807, 2.05) is 60.7 Å². The molecule has 0 aliphatic carbocycles. The Kier molecular flexibility index (Phi) is 4.54. The summed E-state index contributed by atoms with van der Waals surface area (Å²) in [5.74, 6) is 1.03. The fraction of sp³-hybridized carbons (Fsp3) is 0.250. The first-order valence-corrected chi connectivity index (χ1v) is 10.0. The zero-order chi connectivity index (χ0) is 20.7. The zero-order valence-corrected chi connectivity index (χ0v) is 16.7. The molecule has 0 radical (unpaired) electrons. The Morgan fingerprint density at radius 1 is 1.07 bits per heavy atom. The highest BCUT2D eigenvalue weighted by molar-refractivity contribution is 6.06. The molecule has 2 aliphatic rings. The van der Waals surface area contributed by atoms with E-state index in [0.717, 1.165) is 27.8 Å². The van der Waals surface area contributed by atoms with Crippen LogP contribution in [0, 0.1) is 5.92 Å². The highest BCUT2D eigenvalue weighted by atomic mass is 16.7. The number of carbonyl (C=O) groups is 2. The fourth-order valence-corrected chi connectivity index (χ4v) is 4.25. The van der Waals surface area contributed by atoms with Crippen molar-refractivity contribution in [2.75, 3.05) is 25.3 Å². The van der Waals surface area contributed by atoms with Crippen LogP contribution in [-0.4, -0.2) is 37.1 Å². The van der Waals surface area contributed by atoms with Gasteiger partial charge in [0.05, 0.1) is 11.6 Å². The number of benzene rings is 3. The molecule has 0 aromatic heterocycles. The monoisotopic (exact) mass is 402 g/mol. The van der Waals surface area contributed by atoms with E-state index in [9.17, 15) is 9.59 Å². The molecule has 5 rings (SSSR count). The van der Waals surface area contributed by atoms with Gasteiger partial charge in [-0.15, -0.1) is 0 Å². The van der Waals surface area contributed by atoms with E-state index in [1.165, 1.54) is 0 Å². The van der Waals surface area contributed by atoms with E-state index < -0.39 is 0 Å². The second kappa shape index (κ2) is 7.37. The van der Waals surface area contributed by atoms with Crippen molar-refractivity contribution in [3.05, 3.63) is 66.2 Å². The molecule has 1 atom stereocenters. The van der Waals surface area contributed by atoms with Crippen molar-refractivity contribution in [1.82, 2.24) is 4.90 Å². The summed E-state index contributed by atoms with van der Waals surface area (Å²) < 4.78 is 10.8. The molecule has 1 fully saturated rings. The maximum Gasteiger partial charge on any atom is 0.231 e. The Morgan fingerprint density at radius 2 is 1.87 bits per heavy atom. The van der Waals surface area contributed by atoms with Gasteiger partial charge in [0.2, 0.25) is 18.6 Å². The normalized spacial score (nSPS) is 17.6. The predicted molar refractivity (Wildman–Crippen MR) is 113 cm³/mol. The van der Waals surface area contributed by atoms with Crippen LogP contribution in [0.1, 0.15) is 12.0 Å². The van der Waals surface area contributed by atoms with Crippen LogP contribution in [0.5, 0.6) is 11.5 Å². The van der Waals surface area contributed by atoms with E-state index >= 15 is 0 Å². The van der Waals surface area contributed by atoms with Crippen LogP contribution < -0.4 is 14.4 Å². The summed E-state index contributed by atoms with van der Waals surface area (Å²) in [5, 5.41) is 2.10. The van der Waals surface area contributed by atoms with Crippen molar-refractivity contribution in [1.29, 1.82) is 0 Å². The van der Waals surface area contributed by atoms with Crippen molar-refractivity contribution < 1.29 is 19.1 Å². The lowest BCUT2D eigenvalue weighted by atomic mass is 10.1. The highest BCUT2D eigenvalue weighted by Crippen LogP contribution is 2.34. The summed E-state index contributed by atoms with van der Waals surface area (Å²) in [4.78, 5) is 29.3. The molecular weight excluding hydrogens is 380 g/mol. The van der Waals surface area contributed by atoms with Gasteiger partial charge in [0.1, 0.15) is 0 Å². The van der Waals surface area contributed by atoms with Crippen LogP contribution in [0.25, 0.3) is 10.8 Å². The van der Waals surface area contributed by atoms with Gasteiger partial charge in [-0.25, -0.2) is 0 Å². The predicted octanol–water partition coefficient (Wildman–Crippen LogP) is 3.58. The number of hydrogen-bond donors (Lipinski definition) is 0. The minimum Gasteiger partial charge on any atom is -0.454 e. The molecule has 1 saturated heterocycles. The molecular formula is C24H22N2O4. The lowest BCUT2D eigenvalue weighted by Crippen LogP contribution is -2.34. The number of fused-ring (bicyclic) bond motifs is 2. The molecule has 3 aromatic rings. The van der Waals surface area contributed by atoms with Crippen molar-refractivity contribution in [3.63, 3.8) is 0 Å². The summed E-state index contributed by atoms with van der Waals surface area (Å²) in [5.41, 5.74) is 1.83. The third-order valence-corrected chi connectivity index (χ3v) is 5.76. The van der Waals surface area contributed by atoms with E-state index in [2.05, 4.69) is 0 Å². The van der Waals surface area contributed by atoms with Crippen molar-refractivity contribution in [3.8, 4) is 11.5 Å². The molecule has 152 valence electrons. The van der Waals surface area contributed by atoms with Crippen molar-refractivity contribution in [2.45, 2.75) is 13.0 Å². The van der Waals surface area contributed by atoms with Gasteiger partial charge in [-0.2, -0.15) is 0 Å². The maximum absolute atomic E-state index is 13.1. The molecule has 2 amide bonds. The second-order valence-electron chi connectivity index (χ2n) is 7.79. The van der Waals surface area contributed by atoms with Crippen LogP contribution in [-0.2, 0) is 16.1 Å². The van der Waals surface area contributed by atoms with Gasteiger partial charge < -0.3 is 19.3 Å². The molecule has 1 unspecified atom stereocenters. The second-order valence-corrected chi connectivity index (χ2v) is 7.79.